The zero-order valence-corrected chi connectivity index (χ0v) is 15.3. The summed E-state index contributed by atoms with van der Waals surface area (Å²) < 4.78 is 5.99. The molecule has 0 saturated heterocycles. The number of ether oxygens (including phenoxy) is 1. The third kappa shape index (κ3) is 4.60. The molecule has 0 aliphatic rings. The van der Waals surface area contributed by atoms with E-state index in [0.29, 0.717) is 16.9 Å². The monoisotopic (exact) mass is 326 g/mol. The Labute approximate surface area is 144 Å². The molecule has 128 valence electrons. The van der Waals surface area contributed by atoms with Gasteiger partial charge in [-0.25, -0.2) is 0 Å². The van der Waals surface area contributed by atoms with Crippen LogP contribution in [0.4, 0.5) is 0 Å². The molecule has 0 fully saturated rings. The van der Waals surface area contributed by atoms with Crippen LogP contribution < -0.4 is 4.74 Å². The highest BCUT2D eigenvalue weighted by Crippen LogP contribution is 2.30. The van der Waals surface area contributed by atoms with Crippen LogP contribution in [0.2, 0.25) is 0 Å². The zero-order valence-electron chi connectivity index (χ0n) is 15.3. The van der Waals surface area contributed by atoms with Gasteiger partial charge < -0.3 is 9.84 Å². The highest BCUT2D eigenvalue weighted by Gasteiger charge is 2.21. The molecule has 0 amide bonds. The molecule has 0 aliphatic carbocycles. The first-order chi connectivity index (χ1) is 11.0. The lowest BCUT2D eigenvalue weighted by atomic mass is 9.85. The first-order valence-corrected chi connectivity index (χ1v) is 8.14. The van der Waals surface area contributed by atoms with Crippen molar-refractivity contribution in [3.8, 4) is 11.5 Å². The van der Waals surface area contributed by atoms with Crippen LogP contribution in [0, 0.1) is 0 Å². The lowest BCUT2D eigenvalue weighted by molar-refractivity contribution is 0.103. The maximum atomic E-state index is 12.8. The Balaban J connectivity index is 2.49. The molecule has 3 heteroatoms. The highest BCUT2D eigenvalue weighted by molar-refractivity contribution is 6.09. The number of rotatable bonds is 3. The summed E-state index contributed by atoms with van der Waals surface area (Å²) in [6.07, 6.45) is 0. The normalized spacial score (nSPS) is 12.1. The van der Waals surface area contributed by atoms with Gasteiger partial charge >= 0.3 is 0 Å². The van der Waals surface area contributed by atoms with Gasteiger partial charge in [0.25, 0.3) is 0 Å². The van der Waals surface area contributed by atoms with Crippen molar-refractivity contribution in [1.29, 1.82) is 0 Å². The summed E-state index contributed by atoms with van der Waals surface area (Å²) in [6, 6.07) is 12.0. The second-order valence-corrected chi connectivity index (χ2v) is 8.09. The fourth-order valence-corrected chi connectivity index (χ4v) is 2.36. The third-order valence-corrected chi connectivity index (χ3v) is 3.59. The van der Waals surface area contributed by atoms with Gasteiger partial charge in [0.2, 0.25) is 0 Å². The number of carbonyl (C=O) groups is 1. The van der Waals surface area contributed by atoms with Crippen LogP contribution in [-0.4, -0.2) is 16.5 Å². The Kier molecular flexibility index (Phi) is 4.75. The van der Waals surface area contributed by atoms with E-state index < -0.39 is 0 Å². The molecular weight excluding hydrogens is 300 g/mol. The van der Waals surface area contributed by atoms with Gasteiger partial charge in [0.15, 0.2) is 5.78 Å². The molecule has 0 radical (unpaired) electrons. The fraction of sp³-hybridized carbons (Fsp3) is 0.381. The van der Waals surface area contributed by atoms with Crippen molar-refractivity contribution in [1.82, 2.24) is 0 Å². The molecule has 24 heavy (non-hydrogen) atoms. The van der Waals surface area contributed by atoms with Crippen LogP contribution >= 0.6 is 0 Å². The molecule has 3 nitrogen and oxygen atoms in total. The number of ketones is 1. The maximum absolute atomic E-state index is 12.8. The minimum absolute atomic E-state index is 0.0835. The third-order valence-electron chi connectivity index (χ3n) is 3.59. The predicted octanol–water partition coefficient (Wildman–Crippen LogP) is 5.10. The SMILES string of the molecule is CC(C)(C)Oc1cc(C(=O)c2ccc(O)cc2)cc(C(C)(C)C)c1. The van der Waals surface area contributed by atoms with Crippen molar-refractivity contribution in [2.45, 2.75) is 52.6 Å². The molecular formula is C21H26O3. The van der Waals surface area contributed by atoms with Crippen molar-refractivity contribution in [3.63, 3.8) is 0 Å². The van der Waals surface area contributed by atoms with E-state index in [1.165, 1.54) is 12.1 Å². The number of phenols is 1. The van der Waals surface area contributed by atoms with Gasteiger partial charge in [-0.2, -0.15) is 0 Å². The molecule has 0 unspecified atom stereocenters. The minimum Gasteiger partial charge on any atom is -0.508 e. The smallest absolute Gasteiger partial charge is 0.193 e. The van der Waals surface area contributed by atoms with E-state index in [4.69, 9.17) is 4.74 Å². The van der Waals surface area contributed by atoms with Gasteiger partial charge in [0.1, 0.15) is 17.1 Å². The lowest BCUT2D eigenvalue weighted by Gasteiger charge is -2.25. The van der Waals surface area contributed by atoms with Crippen LogP contribution in [0.25, 0.3) is 0 Å². The molecule has 0 aliphatic heterocycles. The Hall–Kier alpha value is -2.29. The quantitative estimate of drug-likeness (QED) is 0.798. The summed E-state index contributed by atoms with van der Waals surface area (Å²) in [4.78, 5) is 12.8. The fourth-order valence-electron chi connectivity index (χ4n) is 2.36. The van der Waals surface area contributed by atoms with E-state index in [2.05, 4.69) is 20.8 Å². The second kappa shape index (κ2) is 6.31. The number of hydrogen-bond acceptors (Lipinski definition) is 3. The molecule has 0 saturated carbocycles. The number of hydrogen-bond donors (Lipinski definition) is 1. The average Bonchev–Trinajstić information content (AvgIpc) is 2.44. The maximum Gasteiger partial charge on any atom is 0.193 e. The summed E-state index contributed by atoms with van der Waals surface area (Å²) in [6.45, 7) is 12.3. The van der Waals surface area contributed by atoms with Gasteiger partial charge in [-0.1, -0.05) is 20.8 Å². The second-order valence-electron chi connectivity index (χ2n) is 8.09. The van der Waals surface area contributed by atoms with E-state index in [1.807, 2.05) is 32.9 Å². The molecule has 1 N–H and O–H groups in total. The van der Waals surface area contributed by atoms with E-state index >= 15 is 0 Å². The molecule has 0 heterocycles. The summed E-state index contributed by atoms with van der Waals surface area (Å²) in [5, 5.41) is 9.40. The van der Waals surface area contributed by atoms with Crippen LogP contribution in [0.5, 0.6) is 11.5 Å². The van der Waals surface area contributed by atoms with Gasteiger partial charge in [-0.05, 0) is 74.2 Å². The highest BCUT2D eigenvalue weighted by atomic mass is 16.5. The van der Waals surface area contributed by atoms with Crippen molar-refractivity contribution < 1.29 is 14.6 Å². The molecule has 2 rings (SSSR count). The van der Waals surface area contributed by atoms with Crippen LogP contribution in [0.1, 0.15) is 63.0 Å². The Bertz CT molecular complexity index is 729. The average molecular weight is 326 g/mol. The number of aromatic hydroxyl groups is 1. The van der Waals surface area contributed by atoms with E-state index in [0.717, 1.165) is 5.56 Å². The van der Waals surface area contributed by atoms with Crippen LogP contribution in [-0.2, 0) is 5.41 Å². The number of carbonyl (C=O) groups excluding carboxylic acids is 1. The van der Waals surface area contributed by atoms with Gasteiger partial charge in [-0.15, -0.1) is 0 Å². The van der Waals surface area contributed by atoms with Gasteiger partial charge in [0, 0.05) is 11.1 Å². The van der Waals surface area contributed by atoms with E-state index in [1.54, 1.807) is 18.2 Å². The zero-order chi connectivity index (χ0) is 18.1. The van der Waals surface area contributed by atoms with Crippen molar-refractivity contribution in [2.75, 3.05) is 0 Å². The van der Waals surface area contributed by atoms with E-state index in [-0.39, 0.29) is 22.5 Å². The van der Waals surface area contributed by atoms with Crippen molar-refractivity contribution >= 4 is 5.78 Å². The first-order valence-electron chi connectivity index (χ1n) is 8.14. The minimum atomic E-state index is -0.338. The number of benzene rings is 2. The van der Waals surface area contributed by atoms with Crippen molar-refractivity contribution in [3.05, 3.63) is 59.2 Å². The predicted molar refractivity (Wildman–Crippen MR) is 97.1 cm³/mol. The molecule has 0 aromatic heterocycles. The molecule has 0 atom stereocenters. The summed E-state index contributed by atoms with van der Waals surface area (Å²) >= 11 is 0. The summed E-state index contributed by atoms with van der Waals surface area (Å²) in [5.74, 6) is 0.753. The standard InChI is InChI=1S/C21H26O3/c1-20(2,3)16-11-15(12-18(13-16)24-21(4,5)6)19(23)14-7-9-17(22)10-8-14/h7-13,22H,1-6H3. The van der Waals surface area contributed by atoms with Crippen molar-refractivity contribution in [2.24, 2.45) is 0 Å². The molecule has 0 bridgehead atoms. The van der Waals surface area contributed by atoms with Crippen LogP contribution in [0.3, 0.4) is 0 Å². The lowest BCUT2D eigenvalue weighted by Crippen LogP contribution is -2.23. The topological polar surface area (TPSA) is 46.5 Å². The molecule has 2 aromatic carbocycles. The summed E-state index contributed by atoms with van der Waals surface area (Å²) in [5.41, 5.74) is 1.75. The number of phenolic OH excluding ortho intramolecular Hbond substituents is 1. The Morgan fingerprint density at radius 3 is 1.96 bits per heavy atom. The molecule has 0 spiro atoms. The first kappa shape index (κ1) is 18.1. The van der Waals surface area contributed by atoms with E-state index in [9.17, 15) is 9.90 Å². The van der Waals surface area contributed by atoms with Gasteiger partial charge in [0.05, 0.1) is 0 Å². The van der Waals surface area contributed by atoms with Crippen LogP contribution in [0.15, 0.2) is 42.5 Å². The molecule has 2 aromatic rings. The Morgan fingerprint density at radius 1 is 0.875 bits per heavy atom. The van der Waals surface area contributed by atoms with Gasteiger partial charge in [-0.3, -0.25) is 4.79 Å². The Morgan fingerprint density at radius 2 is 1.46 bits per heavy atom. The largest absolute Gasteiger partial charge is 0.508 e. The summed E-state index contributed by atoms with van der Waals surface area (Å²) in [7, 11) is 0.